The molecule has 0 radical (unpaired) electrons. The smallest absolute Gasteiger partial charge is 0.243 e. The molecule has 0 aliphatic carbocycles. The molecule has 2 aromatic rings. The first-order valence-electron chi connectivity index (χ1n) is 9.80. The van der Waals surface area contributed by atoms with Gasteiger partial charge in [-0.05, 0) is 67.0 Å². The van der Waals surface area contributed by atoms with Gasteiger partial charge in [0.1, 0.15) is 0 Å². The lowest BCUT2D eigenvalue weighted by molar-refractivity contribution is -0.119. The fourth-order valence-electron chi connectivity index (χ4n) is 3.26. The molecule has 0 saturated carbocycles. The Labute approximate surface area is 187 Å². The van der Waals surface area contributed by atoms with Crippen LogP contribution in [-0.2, 0) is 21.2 Å². The van der Waals surface area contributed by atoms with Crippen molar-refractivity contribution in [1.82, 2.24) is 9.62 Å². The standard InChI is InChI=1S/C21H24ClN3O3S2/c22-17-7-5-16(6-8-17)15-20(26)24-21(29)23-18-9-11-19(12-10-18)30(27,28)25-13-3-1-2-4-14-25/h5-12H,1-4,13-15H2,(H2,23,24,26,29). The van der Waals surface area contributed by atoms with Crippen molar-refractivity contribution in [2.75, 3.05) is 18.4 Å². The predicted octanol–water partition coefficient (Wildman–Crippen LogP) is 3.96. The van der Waals surface area contributed by atoms with E-state index < -0.39 is 10.0 Å². The molecular formula is C21H24ClN3O3S2. The summed E-state index contributed by atoms with van der Waals surface area (Å²) in [5.74, 6) is -0.254. The monoisotopic (exact) mass is 465 g/mol. The Balaban J connectivity index is 1.56. The topological polar surface area (TPSA) is 78.5 Å². The Kier molecular flexibility index (Phi) is 7.82. The third-order valence-corrected chi connectivity index (χ3v) is 7.21. The van der Waals surface area contributed by atoms with Crippen LogP contribution in [0.4, 0.5) is 5.69 Å². The van der Waals surface area contributed by atoms with E-state index in [2.05, 4.69) is 10.6 Å². The van der Waals surface area contributed by atoms with Crippen molar-refractivity contribution in [3.8, 4) is 0 Å². The molecule has 0 unspecified atom stereocenters. The molecule has 1 heterocycles. The Morgan fingerprint density at radius 3 is 2.17 bits per heavy atom. The first-order chi connectivity index (χ1) is 14.3. The average Bonchev–Trinajstić information content (AvgIpc) is 3.00. The Morgan fingerprint density at radius 1 is 0.967 bits per heavy atom. The number of sulfonamides is 1. The third-order valence-electron chi connectivity index (χ3n) is 4.85. The van der Waals surface area contributed by atoms with E-state index in [0.29, 0.717) is 23.8 Å². The Hall–Kier alpha value is -2.00. The fraction of sp³-hybridized carbons (Fsp3) is 0.333. The Bertz CT molecular complexity index is 985. The van der Waals surface area contributed by atoms with Crippen LogP contribution in [0.1, 0.15) is 31.2 Å². The predicted molar refractivity (Wildman–Crippen MR) is 123 cm³/mol. The molecule has 1 saturated heterocycles. The van der Waals surface area contributed by atoms with Crippen molar-refractivity contribution >= 4 is 50.5 Å². The van der Waals surface area contributed by atoms with Crippen LogP contribution < -0.4 is 10.6 Å². The molecule has 3 rings (SSSR count). The highest BCUT2D eigenvalue weighted by Crippen LogP contribution is 2.21. The molecule has 0 spiro atoms. The van der Waals surface area contributed by atoms with Crippen LogP contribution in [0.2, 0.25) is 5.02 Å². The molecule has 9 heteroatoms. The molecule has 2 aromatic carbocycles. The van der Waals surface area contributed by atoms with Crippen LogP contribution in [0.25, 0.3) is 0 Å². The van der Waals surface area contributed by atoms with E-state index in [4.69, 9.17) is 23.8 Å². The zero-order valence-corrected chi connectivity index (χ0v) is 18.8. The van der Waals surface area contributed by atoms with E-state index >= 15 is 0 Å². The van der Waals surface area contributed by atoms with Gasteiger partial charge in [-0.3, -0.25) is 4.79 Å². The molecule has 0 aromatic heterocycles. The van der Waals surface area contributed by atoms with E-state index in [9.17, 15) is 13.2 Å². The number of thiocarbonyl (C=S) groups is 1. The quantitative estimate of drug-likeness (QED) is 0.653. The van der Waals surface area contributed by atoms with Crippen molar-refractivity contribution in [3.63, 3.8) is 0 Å². The summed E-state index contributed by atoms with van der Waals surface area (Å²) in [6.45, 7) is 1.12. The van der Waals surface area contributed by atoms with Gasteiger partial charge in [0.2, 0.25) is 15.9 Å². The van der Waals surface area contributed by atoms with Gasteiger partial charge in [0.25, 0.3) is 0 Å². The second-order valence-electron chi connectivity index (χ2n) is 7.15. The normalized spacial score (nSPS) is 15.2. The number of nitrogens with zero attached hydrogens (tertiary/aromatic N) is 1. The highest BCUT2D eigenvalue weighted by Gasteiger charge is 2.24. The maximum Gasteiger partial charge on any atom is 0.243 e. The number of hydrogen-bond acceptors (Lipinski definition) is 4. The summed E-state index contributed by atoms with van der Waals surface area (Å²) in [6, 6.07) is 13.4. The van der Waals surface area contributed by atoms with Gasteiger partial charge >= 0.3 is 0 Å². The van der Waals surface area contributed by atoms with Gasteiger partial charge in [0.05, 0.1) is 11.3 Å². The summed E-state index contributed by atoms with van der Waals surface area (Å²) in [5, 5.41) is 6.28. The fourth-order valence-corrected chi connectivity index (χ4v) is 5.14. The van der Waals surface area contributed by atoms with E-state index in [1.165, 1.54) is 0 Å². The number of rotatable bonds is 5. The molecule has 1 aliphatic rings. The molecule has 1 amide bonds. The number of halogens is 1. The van der Waals surface area contributed by atoms with Crippen LogP contribution >= 0.6 is 23.8 Å². The van der Waals surface area contributed by atoms with Gasteiger partial charge < -0.3 is 10.6 Å². The molecule has 30 heavy (non-hydrogen) atoms. The van der Waals surface area contributed by atoms with Gasteiger partial charge in [-0.25, -0.2) is 8.42 Å². The van der Waals surface area contributed by atoms with Crippen molar-refractivity contribution in [3.05, 3.63) is 59.1 Å². The number of amides is 1. The maximum atomic E-state index is 12.8. The number of carbonyl (C=O) groups is 1. The minimum absolute atomic E-state index is 0.150. The first-order valence-corrected chi connectivity index (χ1v) is 12.0. The minimum Gasteiger partial charge on any atom is -0.332 e. The summed E-state index contributed by atoms with van der Waals surface area (Å²) in [5.41, 5.74) is 1.42. The second kappa shape index (κ2) is 10.3. The second-order valence-corrected chi connectivity index (χ2v) is 9.93. The maximum absolute atomic E-state index is 12.8. The summed E-state index contributed by atoms with van der Waals surface area (Å²) < 4.78 is 27.2. The van der Waals surface area contributed by atoms with E-state index in [-0.39, 0.29) is 22.3 Å². The zero-order chi connectivity index (χ0) is 21.6. The van der Waals surface area contributed by atoms with Gasteiger partial charge in [0, 0.05) is 23.8 Å². The lowest BCUT2D eigenvalue weighted by Crippen LogP contribution is -2.35. The van der Waals surface area contributed by atoms with E-state index in [0.717, 1.165) is 31.2 Å². The summed E-state index contributed by atoms with van der Waals surface area (Å²) in [7, 11) is -3.49. The lowest BCUT2D eigenvalue weighted by Gasteiger charge is -2.20. The molecule has 6 nitrogen and oxygen atoms in total. The highest BCUT2D eigenvalue weighted by molar-refractivity contribution is 7.89. The zero-order valence-electron chi connectivity index (χ0n) is 16.4. The summed E-state index contributed by atoms with van der Waals surface area (Å²) in [6.07, 6.45) is 4.09. The molecule has 1 aliphatic heterocycles. The number of hydrogen-bond donors (Lipinski definition) is 2. The SMILES string of the molecule is O=C(Cc1ccc(Cl)cc1)NC(=S)Nc1ccc(S(=O)(=O)N2CCCCCC2)cc1. The molecular weight excluding hydrogens is 442 g/mol. The minimum atomic E-state index is -3.49. The van der Waals surface area contributed by atoms with Crippen molar-refractivity contribution < 1.29 is 13.2 Å². The number of anilines is 1. The molecule has 0 bridgehead atoms. The lowest BCUT2D eigenvalue weighted by atomic mass is 10.1. The van der Waals surface area contributed by atoms with Crippen molar-refractivity contribution in [1.29, 1.82) is 0 Å². The number of benzene rings is 2. The molecule has 2 N–H and O–H groups in total. The van der Waals surface area contributed by atoms with Crippen molar-refractivity contribution in [2.45, 2.75) is 37.0 Å². The summed E-state index contributed by atoms with van der Waals surface area (Å²) >= 11 is 11.0. The molecule has 160 valence electrons. The van der Waals surface area contributed by atoms with Gasteiger partial charge in [-0.15, -0.1) is 0 Å². The van der Waals surface area contributed by atoms with Crippen LogP contribution in [-0.4, -0.2) is 36.8 Å². The molecule has 1 fully saturated rings. The third kappa shape index (κ3) is 6.25. The highest BCUT2D eigenvalue weighted by atomic mass is 35.5. The number of carbonyl (C=O) groups excluding carboxylic acids is 1. The Morgan fingerprint density at radius 2 is 1.57 bits per heavy atom. The first kappa shape index (κ1) is 22.7. The van der Waals surface area contributed by atoms with Gasteiger partial charge in [0.15, 0.2) is 5.11 Å². The van der Waals surface area contributed by atoms with Crippen LogP contribution in [0.15, 0.2) is 53.4 Å². The molecule has 0 atom stereocenters. The van der Waals surface area contributed by atoms with Crippen LogP contribution in [0, 0.1) is 0 Å². The summed E-state index contributed by atoms with van der Waals surface area (Å²) in [4.78, 5) is 12.4. The van der Waals surface area contributed by atoms with Gasteiger partial charge in [-0.2, -0.15) is 4.31 Å². The van der Waals surface area contributed by atoms with E-state index in [1.807, 2.05) is 0 Å². The van der Waals surface area contributed by atoms with Crippen LogP contribution in [0.3, 0.4) is 0 Å². The van der Waals surface area contributed by atoms with Gasteiger partial charge in [-0.1, -0.05) is 36.6 Å². The van der Waals surface area contributed by atoms with Crippen molar-refractivity contribution in [2.24, 2.45) is 0 Å². The number of nitrogens with one attached hydrogen (secondary N) is 2. The average molecular weight is 466 g/mol. The van der Waals surface area contributed by atoms with E-state index in [1.54, 1.807) is 52.8 Å². The largest absolute Gasteiger partial charge is 0.332 e. The van der Waals surface area contributed by atoms with Crippen LogP contribution in [0.5, 0.6) is 0 Å².